The minimum atomic E-state index is -0.484. The lowest BCUT2D eigenvalue weighted by molar-refractivity contribution is -0.134. The van der Waals surface area contributed by atoms with E-state index in [-0.39, 0.29) is 24.2 Å². The van der Waals surface area contributed by atoms with E-state index in [1.165, 1.54) is 10.4 Å². The first-order valence-electron chi connectivity index (χ1n) is 9.06. The lowest BCUT2D eigenvalue weighted by atomic mass is 10.1. The molecule has 2 amide bonds. The van der Waals surface area contributed by atoms with Crippen LogP contribution in [0.4, 0.5) is 0 Å². The number of thiophene rings is 1. The molecule has 1 unspecified atom stereocenters. The van der Waals surface area contributed by atoms with Crippen LogP contribution in [0, 0.1) is 0 Å². The molecule has 27 heavy (non-hydrogen) atoms. The van der Waals surface area contributed by atoms with Crippen LogP contribution in [0.3, 0.4) is 0 Å². The third-order valence-corrected chi connectivity index (χ3v) is 5.77. The molecule has 0 spiro atoms. The van der Waals surface area contributed by atoms with Gasteiger partial charge in [-0.3, -0.25) is 9.59 Å². The highest BCUT2D eigenvalue weighted by Gasteiger charge is 2.28. The van der Waals surface area contributed by atoms with E-state index >= 15 is 0 Å². The van der Waals surface area contributed by atoms with Crippen molar-refractivity contribution in [2.75, 3.05) is 6.54 Å². The monoisotopic (exact) mass is 407 g/mol. The van der Waals surface area contributed by atoms with Crippen LogP contribution in [-0.4, -0.2) is 29.3 Å². The van der Waals surface area contributed by atoms with Gasteiger partial charge >= 0.3 is 0 Å². The molecule has 1 aliphatic heterocycles. The van der Waals surface area contributed by atoms with Crippen molar-refractivity contribution in [3.63, 3.8) is 0 Å². The summed E-state index contributed by atoms with van der Waals surface area (Å²) in [6, 6.07) is 8.79. The number of carbonyl (C=O) groups excluding carboxylic acids is 2. The van der Waals surface area contributed by atoms with Crippen molar-refractivity contribution >= 4 is 35.6 Å². The maximum Gasteiger partial charge on any atom is 0.251 e. The number of rotatable bonds is 6. The zero-order chi connectivity index (χ0) is 18.5. The van der Waals surface area contributed by atoms with Gasteiger partial charge in [-0.15, -0.1) is 23.7 Å². The van der Waals surface area contributed by atoms with Crippen molar-refractivity contribution in [1.29, 1.82) is 0 Å². The number of nitrogens with one attached hydrogen (secondary N) is 1. The van der Waals surface area contributed by atoms with Gasteiger partial charge < -0.3 is 16.0 Å². The van der Waals surface area contributed by atoms with Crippen molar-refractivity contribution < 1.29 is 9.59 Å². The molecule has 2 heterocycles. The number of amides is 2. The summed E-state index contributed by atoms with van der Waals surface area (Å²) in [5.41, 5.74) is 8.35. The number of hydrogen-bond acceptors (Lipinski definition) is 4. The molecule has 3 N–H and O–H groups in total. The maximum atomic E-state index is 13.0. The number of fused-ring (bicyclic) bond motifs is 1. The molecule has 1 aromatic heterocycles. The fourth-order valence-corrected chi connectivity index (χ4v) is 4.13. The SMILES string of the molecule is CCCC(NC(=O)c1ccc(CN)cc1)C(=O)N1CCc2sccc2C1.Cl. The second-order valence-electron chi connectivity index (χ2n) is 6.59. The van der Waals surface area contributed by atoms with Gasteiger partial charge in [0.2, 0.25) is 5.91 Å². The third-order valence-electron chi connectivity index (χ3n) is 4.75. The zero-order valence-corrected chi connectivity index (χ0v) is 17.1. The van der Waals surface area contributed by atoms with Crippen molar-refractivity contribution in [2.24, 2.45) is 5.73 Å². The Balaban J connectivity index is 0.00000261. The molecule has 0 bridgehead atoms. The van der Waals surface area contributed by atoms with Gasteiger partial charge in [0.25, 0.3) is 5.91 Å². The Kier molecular flexibility index (Phi) is 7.83. The molecule has 7 heteroatoms. The molecule has 5 nitrogen and oxygen atoms in total. The second kappa shape index (κ2) is 9.88. The first kappa shape index (κ1) is 21.4. The Morgan fingerprint density at radius 2 is 2.00 bits per heavy atom. The molecule has 3 rings (SSSR count). The van der Waals surface area contributed by atoms with Crippen molar-refractivity contribution in [1.82, 2.24) is 10.2 Å². The first-order valence-corrected chi connectivity index (χ1v) is 9.94. The van der Waals surface area contributed by atoms with Crippen LogP contribution in [0.15, 0.2) is 35.7 Å². The third kappa shape index (κ3) is 5.09. The average Bonchev–Trinajstić information content (AvgIpc) is 3.14. The molecule has 0 radical (unpaired) electrons. The molecule has 0 fully saturated rings. The zero-order valence-electron chi connectivity index (χ0n) is 15.4. The Morgan fingerprint density at radius 3 is 2.67 bits per heavy atom. The van der Waals surface area contributed by atoms with Crippen LogP contribution < -0.4 is 11.1 Å². The average molecular weight is 408 g/mol. The Labute approximate surface area is 170 Å². The largest absolute Gasteiger partial charge is 0.340 e. The van der Waals surface area contributed by atoms with Crippen LogP contribution in [0.5, 0.6) is 0 Å². The highest BCUT2D eigenvalue weighted by atomic mass is 35.5. The number of halogens is 1. The quantitative estimate of drug-likeness (QED) is 0.772. The molecule has 2 aromatic rings. The van der Waals surface area contributed by atoms with Crippen LogP contribution in [0.25, 0.3) is 0 Å². The molecule has 1 aliphatic rings. The minimum Gasteiger partial charge on any atom is -0.340 e. The highest BCUT2D eigenvalue weighted by Crippen LogP contribution is 2.24. The Hall–Kier alpha value is -1.89. The van der Waals surface area contributed by atoms with E-state index in [0.717, 1.165) is 18.4 Å². The van der Waals surface area contributed by atoms with Crippen LogP contribution in [-0.2, 0) is 24.3 Å². The first-order chi connectivity index (χ1) is 12.6. The summed E-state index contributed by atoms with van der Waals surface area (Å²) in [5.74, 6) is -0.204. The molecule has 0 aliphatic carbocycles. The summed E-state index contributed by atoms with van der Waals surface area (Å²) in [6.45, 7) is 3.82. The van der Waals surface area contributed by atoms with Crippen LogP contribution >= 0.6 is 23.7 Å². The van der Waals surface area contributed by atoms with Crippen LogP contribution in [0.1, 0.15) is 46.1 Å². The number of nitrogens with two attached hydrogens (primary N) is 1. The predicted octanol–water partition coefficient (Wildman–Crippen LogP) is 3.11. The molecular formula is C20H26ClN3O2S. The van der Waals surface area contributed by atoms with Gasteiger partial charge in [0.1, 0.15) is 6.04 Å². The van der Waals surface area contributed by atoms with Crippen molar-refractivity contribution in [3.8, 4) is 0 Å². The van der Waals surface area contributed by atoms with E-state index in [1.54, 1.807) is 23.5 Å². The number of hydrogen-bond donors (Lipinski definition) is 2. The van der Waals surface area contributed by atoms with Gasteiger partial charge in [-0.05, 0) is 47.5 Å². The highest BCUT2D eigenvalue weighted by molar-refractivity contribution is 7.10. The van der Waals surface area contributed by atoms with Gasteiger partial charge in [0.15, 0.2) is 0 Å². The Bertz CT molecular complexity index is 776. The van der Waals surface area contributed by atoms with Crippen molar-refractivity contribution in [3.05, 3.63) is 57.3 Å². The molecule has 146 valence electrons. The molecular weight excluding hydrogens is 382 g/mol. The van der Waals surface area contributed by atoms with E-state index in [1.807, 2.05) is 24.0 Å². The number of carbonyl (C=O) groups is 2. The lowest BCUT2D eigenvalue weighted by Crippen LogP contribution is -2.49. The molecule has 0 saturated carbocycles. The summed E-state index contributed by atoms with van der Waals surface area (Å²) < 4.78 is 0. The van der Waals surface area contributed by atoms with E-state index in [9.17, 15) is 9.59 Å². The second-order valence-corrected chi connectivity index (χ2v) is 7.60. The van der Waals surface area contributed by atoms with Gasteiger partial charge in [-0.2, -0.15) is 0 Å². The molecule has 1 atom stereocenters. The van der Waals surface area contributed by atoms with E-state index < -0.39 is 6.04 Å². The topological polar surface area (TPSA) is 75.4 Å². The minimum absolute atomic E-state index is 0. The summed E-state index contributed by atoms with van der Waals surface area (Å²) in [6.07, 6.45) is 2.37. The summed E-state index contributed by atoms with van der Waals surface area (Å²) in [7, 11) is 0. The lowest BCUT2D eigenvalue weighted by Gasteiger charge is -2.31. The summed E-state index contributed by atoms with van der Waals surface area (Å²) >= 11 is 1.75. The smallest absolute Gasteiger partial charge is 0.251 e. The normalized spacial score (nSPS) is 14.1. The fourth-order valence-electron chi connectivity index (χ4n) is 3.24. The maximum absolute atomic E-state index is 13.0. The van der Waals surface area contributed by atoms with E-state index in [0.29, 0.717) is 31.6 Å². The van der Waals surface area contributed by atoms with Gasteiger partial charge in [-0.1, -0.05) is 25.5 Å². The molecule has 0 saturated heterocycles. The van der Waals surface area contributed by atoms with E-state index in [2.05, 4.69) is 16.8 Å². The number of benzene rings is 1. The Morgan fingerprint density at radius 1 is 1.26 bits per heavy atom. The van der Waals surface area contributed by atoms with Crippen LogP contribution in [0.2, 0.25) is 0 Å². The van der Waals surface area contributed by atoms with Gasteiger partial charge in [0.05, 0.1) is 0 Å². The fraction of sp³-hybridized carbons (Fsp3) is 0.400. The standard InChI is InChI=1S/C20H25N3O2S.ClH/c1-2-3-17(22-19(24)15-6-4-14(12-21)5-7-15)20(25)23-10-8-18-16(13-23)9-11-26-18;/h4-7,9,11,17H,2-3,8,10,12-13,21H2,1H3,(H,22,24);1H. The van der Waals surface area contributed by atoms with Gasteiger partial charge in [-0.25, -0.2) is 0 Å². The number of nitrogens with zero attached hydrogens (tertiary/aromatic N) is 1. The summed E-state index contributed by atoms with van der Waals surface area (Å²) in [5, 5.41) is 5.01. The predicted molar refractivity (Wildman–Crippen MR) is 111 cm³/mol. The van der Waals surface area contributed by atoms with E-state index in [4.69, 9.17) is 5.73 Å². The van der Waals surface area contributed by atoms with Gasteiger partial charge in [0, 0.05) is 30.1 Å². The summed E-state index contributed by atoms with van der Waals surface area (Å²) in [4.78, 5) is 28.8. The molecule has 1 aromatic carbocycles. The van der Waals surface area contributed by atoms with Crippen molar-refractivity contribution in [2.45, 2.75) is 45.3 Å².